The Morgan fingerprint density at radius 2 is 2.20 bits per heavy atom. The van der Waals surface area contributed by atoms with E-state index in [-0.39, 0.29) is 0 Å². The van der Waals surface area contributed by atoms with Gasteiger partial charge < -0.3 is 4.42 Å². The molecule has 0 bridgehead atoms. The Balaban J connectivity index is 2.03. The Hall–Kier alpha value is -2.36. The monoisotopic (exact) mass is 268 g/mol. The van der Waals surface area contributed by atoms with Gasteiger partial charge in [0.15, 0.2) is 12.0 Å². The van der Waals surface area contributed by atoms with Gasteiger partial charge in [-0.05, 0) is 18.6 Å². The number of aromatic nitrogens is 2. The van der Waals surface area contributed by atoms with Crippen LogP contribution in [0.4, 0.5) is 0 Å². The van der Waals surface area contributed by atoms with E-state index in [9.17, 15) is 4.79 Å². The normalized spacial score (nSPS) is 11.1. The molecule has 0 aliphatic carbocycles. The summed E-state index contributed by atoms with van der Waals surface area (Å²) < 4.78 is 7.59. The standard InChI is InChI=1S/C16H16N2O2/c1-2-3-8-18-10-13(11-19)16(17-18)15-9-12-6-4-5-7-14(12)20-15/h4-7,9-11H,2-3,8H2,1H3. The third kappa shape index (κ3) is 2.25. The zero-order valence-electron chi connectivity index (χ0n) is 11.4. The topological polar surface area (TPSA) is 48.0 Å². The highest BCUT2D eigenvalue weighted by atomic mass is 16.3. The Kier molecular flexibility index (Phi) is 3.37. The number of rotatable bonds is 5. The van der Waals surface area contributed by atoms with Crippen LogP contribution in [-0.2, 0) is 6.54 Å². The van der Waals surface area contributed by atoms with Crippen molar-refractivity contribution in [1.82, 2.24) is 9.78 Å². The van der Waals surface area contributed by atoms with Crippen LogP contribution in [-0.4, -0.2) is 16.1 Å². The number of carbonyl (C=O) groups excluding carboxylic acids is 1. The lowest BCUT2D eigenvalue weighted by Crippen LogP contribution is -1.97. The maximum Gasteiger partial charge on any atom is 0.156 e. The molecule has 0 unspecified atom stereocenters. The summed E-state index contributed by atoms with van der Waals surface area (Å²) in [5.74, 6) is 0.642. The smallest absolute Gasteiger partial charge is 0.156 e. The number of nitrogens with zero attached hydrogens (tertiary/aromatic N) is 2. The van der Waals surface area contributed by atoms with Crippen LogP contribution in [0.3, 0.4) is 0 Å². The zero-order valence-corrected chi connectivity index (χ0v) is 11.4. The second-order valence-electron chi connectivity index (χ2n) is 4.82. The molecular formula is C16H16N2O2. The number of hydrogen-bond acceptors (Lipinski definition) is 3. The molecule has 4 nitrogen and oxygen atoms in total. The molecule has 0 radical (unpaired) electrons. The molecule has 0 aliphatic rings. The van der Waals surface area contributed by atoms with Gasteiger partial charge in [0.2, 0.25) is 0 Å². The van der Waals surface area contributed by atoms with Crippen molar-refractivity contribution in [2.24, 2.45) is 0 Å². The van der Waals surface area contributed by atoms with E-state index in [1.54, 1.807) is 6.20 Å². The van der Waals surface area contributed by atoms with Crippen LogP contribution in [0, 0.1) is 0 Å². The van der Waals surface area contributed by atoms with E-state index >= 15 is 0 Å². The minimum atomic E-state index is 0.570. The lowest BCUT2D eigenvalue weighted by molar-refractivity contribution is 0.112. The van der Waals surface area contributed by atoms with E-state index in [1.165, 1.54) is 0 Å². The lowest BCUT2D eigenvalue weighted by Gasteiger charge is -1.97. The van der Waals surface area contributed by atoms with Gasteiger partial charge in [-0.1, -0.05) is 31.5 Å². The van der Waals surface area contributed by atoms with Crippen molar-refractivity contribution in [3.63, 3.8) is 0 Å². The van der Waals surface area contributed by atoms with Crippen molar-refractivity contribution >= 4 is 17.3 Å². The number of benzene rings is 1. The van der Waals surface area contributed by atoms with Crippen LogP contribution in [0.5, 0.6) is 0 Å². The predicted molar refractivity (Wildman–Crippen MR) is 77.7 cm³/mol. The highest BCUT2D eigenvalue weighted by Gasteiger charge is 2.14. The quantitative estimate of drug-likeness (QED) is 0.659. The molecule has 2 aromatic heterocycles. The highest BCUT2D eigenvalue weighted by molar-refractivity contribution is 5.88. The van der Waals surface area contributed by atoms with Crippen molar-refractivity contribution in [3.8, 4) is 11.5 Å². The molecular weight excluding hydrogens is 252 g/mol. The third-order valence-corrected chi connectivity index (χ3v) is 3.32. The summed E-state index contributed by atoms with van der Waals surface area (Å²) in [4.78, 5) is 11.2. The maximum absolute atomic E-state index is 11.2. The van der Waals surface area contributed by atoms with E-state index in [1.807, 2.05) is 35.0 Å². The minimum absolute atomic E-state index is 0.570. The number of aryl methyl sites for hydroxylation is 1. The van der Waals surface area contributed by atoms with Gasteiger partial charge in [-0.25, -0.2) is 0 Å². The Morgan fingerprint density at radius 1 is 1.35 bits per heavy atom. The van der Waals surface area contributed by atoms with Gasteiger partial charge in [-0.15, -0.1) is 0 Å². The average Bonchev–Trinajstić information content (AvgIpc) is 3.08. The van der Waals surface area contributed by atoms with Crippen molar-refractivity contribution in [1.29, 1.82) is 0 Å². The Bertz CT molecular complexity index is 707. The fourth-order valence-electron chi connectivity index (χ4n) is 2.25. The molecule has 0 N–H and O–H groups in total. The Labute approximate surface area is 117 Å². The molecule has 0 saturated carbocycles. The highest BCUT2D eigenvalue weighted by Crippen LogP contribution is 2.28. The number of aldehydes is 1. The molecule has 1 aromatic carbocycles. The van der Waals surface area contributed by atoms with Gasteiger partial charge in [-0.2, -0.15) is 5.10 Å². The largest absolute Gasteiger partial charge is 0.454 e. The summed E-state index contributed by atoms with van der Waals surface area (Å²) in [6.07, 6.45) is 4.75. The van der Waals surface area contributed by atoms with E-state index in [0.29, 0.717) is 17.0 Å². The van der Waals surface area contributed by atoms with E-state index in [4.69, 9.17) is 4.42 Å². The number of furan rings is 1. The van der Waals surface area contributed by atoms with E-state index in [2.05, 4.69) is 12.0 Å². The van der Waals surface area contributed by atoms with Crippen molar-refractivity contribution in [2.75, 3.05) is 0 Å². The Morgan fingerprint density at radius 3 is 2.95 bits per heavy atom. The van der Waals surface area contributed by atoms with Crippen LogP contribution >= 0.6 is 0 Å². The minimum Gasteiger partial charge on any atom is -0.454 e. The molecule has 20 heavy (non-hydrogen) atoms. The fraction of sp³-hybridized carbons (Fsp3) is 0.250. The first-order valence-corrected chi connectivity index (χ1v) is 6.83. The van der Waals surface area contributed by atoms with Gasteiger partial charge >= 0.3 is 0 Å². The van der Waals surface area contributed by atoms with Crippen LogP contribution in [0.1, 0.15) is 30.1 Å². The molecule has 4 heteroatoms. The molecule has 0 fully saturated rings. The maximum atomic E-state index is 11.2. The lowest BCUT2D eigenvalue weighted by atomic mass is 10.2. The molecule has 2 heterocycles. The summed E-state index contributed by atoms with van der Waals surface area (Å²) in [5.41, 5.74) is 2.00. The number of fused-ring (bicyclic) bond motifs is 1. The van der Waals surface area contributed by atoms with E-state index < -0.39 is 0 Å². The number of hydrogen-bond donors (Lipinski definition) is 0. The first-order valence-electron chi connectivity index (χ1n) is 6.83. The summed E-state index contributed by atoms with van der Waals surface area (Å²) >= 11 is 0. The predicted octanol–water partition coefficient (Wildman–Crippen LogP) is 3.91. The molecule has 0 saturated heterocycles. The van der Waals surface area contributed by atoms with Gasteiger partial charge in [0.25, 0.3) is 0 Å². The number of para-hydroxylation sites is 1. The first-order chi connectivity index (χ1) is 9.81. The summed E-state index contributed by atoms with van der Waals surface area (Å²) in [5, 5.41) is 5.49. The van der Waals surface area contributed by atoms with Gasteiger partial charge in [0.1, 0.15) is 11.3 Å². The molecule has 0 aliphatic heterocycles. The van der Waals surface area contributed by atoms with Crippen molar-refractivity contribution in [2.45, 2.75) is 26.3 Å². The number of unbranched alkanes of at least 4 members (excludes halogenated alkanes) is 1. The second kappa shape index (κ2) is 5.33. The summed E-state index contributed by atoms with van der Waals surface area (Å²) in [6, 6.07) is 9.71. The van der Waals surface area contributed by atoms with Gasteiger partial charge in [-0.3, -0.25) is 9.48 Å². The van der Waals surface area contributed by atoms with Gasteiger partial charge in [0.05, 0.1) is 5.56 Å². The van der Waals surface area contributed by atoms with Crippen LogP contribution in [0.2, 0.25) is 0 Å². The molecule has 0 atom stereocenters. The van der Waals surface area contributed by atoms with E-state index in [0.717, 1.165) is 36.6 Å². The first kappa shape index (κ1) is 12.7. The van der Waals surface area contributed by atoms with Crippen LogP contribution < -0.4 is 0 Å². The molecule has 3 aromatic rings. The fourth-order valence-corrected chi connectivity index (χ4v) is 2.25. The molecule has 3 rings (SSSR count). The van der Waals surface area contributed by atoms with Crippen molar-refractivity contribution in [3.05, 3.63) is 42.1 Å². The van der Waals surface area contributed by atoms with Crippen molar-refractivity contribution < 1.29 is 9.21 Å². The summed E-state index contributed by atoms with van der Waals surface area (Å²) in [6.45, 7) is 2.95. The third-order valence-electron chi connectivity index (χ3n) is 3.32. The molecule has 0 amide bonds. The summed E-state index contributed by atoms with van der Waals surface area (Å²) in [7, 11) is 0. The van der Waals surface area contributed by atoms with Crippen LogP contribution in [0.25, 0.3) is 22.4 Å². The number of carbonyl (C=O) groups is 1. The van der Waals surface area contributed by atoms with Gasteiger partial charge in [0, 0.05) is 18.1 Å². The zero-order chi connectivity index (χ0) is 13.9. The SMILES string of the molecule is CCCCn1cc(C=O)c(-c2cc3ccccc3o2)n1. The molecule has 0 spiro atoms. The average molecular weight is 268 g/mol. The molecule has 102 valence electrons. The van der Waals surface area contributed by atoms with Crippen LogP contribution in [0.15, 0.2) is 40.9 Å². The second-order valence-corrected chi connectivity index (χ2v) is 4.82.